The molecule has 0 aromatic rings. The van der Waals surface area contributed by atoms with E-state index in [-0.39, 0.29) is 0 Å². The Labute approximate surface area is 72.3 Å². The number of nitrogens with zero attached hydrogens (tertiary/aromatic N) is 1. The van der Waals surface area contributed by atoms with Crippen LogP contribution in [0.3, 0.4) is 0 Å². The Morgan fingerprint density at radius 1 is 1.08 bits per heavy atom. The first kappa shape index (κ1) is 8.29. The summed E-state index contributed by atoms with van der Waals surface area (Å²) in [5.41, 5.74) is 1.46. The first-order chi connectivity index (χ1) is 5.83. The number of allylic oxidation sites excluding steroid dienone is 9. The molecule has 1 aliphatic rings. The molecule has 0 unspecified atom stereocenters. The van der Waals surface area contributed by atoms with E-state index in [4.69, 9.17) is 5.26 Å². The maximum absolute atomic E-state index is 8.66. The summed E-state index contributed by atoms with van der Waals surface area (Å²) in [6.45, 7) is 3.77. The topological polar surface area (TPSA) is 23.8 Å². The van der Waals surface area contributed by atoms with Gasteiger partial charge in [0.2, 0.25) is 0 Å². The third-order valence-electron chi connectivity index (χ3n) is 1.39. The average molecular weight is 155 g/mol. The molecule has 0 aliphatic heterocycles. The third kappa shape index (κ3) is 2.43. The second kappa shape index (κ2) is 4.15. The summed E-state index contributed by atoms with van der Waals surface area (Å²) in [6, 6.07) is 2.08. The van der Waals surface area contributed by atoms with E-state index in [1.54, 1.807) is 12.2 Å². The van der Waals surface area contributed by atoms with Gasteiger partial charge in [0, 0.05) is 0 Å². The van der Waals surface area contributed by atoms with Gasteiger partial charge in [-0.05, 0) is 17.7 Å². The first-order valence-corrected chi connectivity index (χ1v) is 3.65. The van der Waals surface area contributed by atoms with Crippen molar-refractivity contribution in [1.82, 2.24) is 0 Å². The lowest BCUT2D eigenvalue weighted by atomic mass is 10.2. The van der Waals surface area contributed by atoms with E-state index in [1.165, 1.54) is 0 Å². The Hall–Kier alpha value is -1.81. The van der Waals surface area contributed by atoms with Crippen molar-refractivity contribution >= 4 is 0 Å². The molecule has 0 fully saturated rings. The molecule has 0 saturated carbocycles. The molecule has 58 valence electrons. The maximum atomic E-state index is 8.66. The number of hydrogen-bond donors (Lipinski definition) is 0. The highest BCUT2D eigenvalue weighted by atomic mass is 14.2. The van der Waals surface area contributed by atoms with Crippen LogP contribution in [0.1, 0.15) is 0 Å². The van der Waals surface area contributed by atoms with Gasteiger partial charge in [0.15, 0.2) is 0 Å². The molecule has 0 heterocycles. The zero-order valence-corrected chi connectivity index (χ0v) is 6.70. The van der Waals surface area contributed by atoms with Gasteiger partial charge in [-0.15, -0.1) is 0 Å². The molecular weight excluding hydrogens is 146 g/mol. The van der Waals surface area contributed by atoms with E-state index in [0.29, 0.717) is 5.57 Å². The average Bonchev–Trinajstić information content (AvgIpc) is 2.16. The largest absolute Gasteiger partial charge is 0.192 e. The van der Waals surface area contributed by atoms with Crippen molar-refractivity contribution in [3.8, 4) is 6.07 Å². The molecule has 0 aromatic carbocycles. The molecular formula is C11H9N. The summed E-state index contributed by atoms with van der Waals surface area (Å²) in [4.78, 5) is 0. The SMILES string of the molecule is C=C1\C=C/C=C\C=C\C(C#N)=C/1. The molecule has 0 amide bonds. The summed E-state index contributed by atoms with van der Waals surface area (Å²) in [5, 5.41) is 8.66. The summed E-state index contributed by atoms with van der Waals surface area (Å²) < 4.78 is 0. The van der Waals surface area contributed by atoms with Gasteiger partial charge < -0.3 is 0 Å². The van der Waals surface area contributed by atoms with E-state index in [2.05, 4.69) is 12.6 Å². The van der Waals surface area contributed by atoms with E-state index in [0.717, 1.165) is 5.57 Å². The fourth-order valence-electron chi connectivity index (χ4n) is 0.832. The summed E-state index contributed by atoms with van der Waals surface area (Å²) in [6.07, 6.45) is 12.9. The highest BCUT2D eigenvalue weighted by molar-refractivity contribution is 5.44. The Balaban J connectivity index is 3.01. The van der Waals surface area contributed by atoms with Crippen LogP contribution in [0, 0.1) is 11.3 Å². The Kier molecular flexibility index (Phi) is 2.87. The van der Waals surface area contributed by atoms with Gasteiger partial charge in [0.1, 0.15) is 0 Å². The predicted octanol–water partition coefficient (Wildman–Crippen LogP) is 2.67. The van der Waals surface area contributed by atoms with Crippen molar-refractivity contribution < 1.29 is 0 Å². The van der Waals surface area contributed by atoms with Crippen LogP contribution in [0.4, 0.5) is 0 Å². The van der Waals surface area contributed by atoms with E-state index in [1.807, 2.05) is 30.4 Å². The molecule has 12 heavy (non-hydrogen) atoms. The standard InChI is InChI=1S/C11H9N/c1-10-6-4-2-3-5-7-11(8-10)9-12/h2-8H,1H2/b3-2-,6-4-,7-5+,11-8+. The van der Waals surface area contributed by atoms with Crippen molar-refractivity contribution in [3.63, 3.8) is 0 Å². The summed E-state index contributed by atoms with van der Waals surface area (Å²) in [7, 11) is 0. The minimum Gasteiger partial charge on any atom is -0.192 e. The summed E-state index contributed by atoms with van der Waals surface area (Å²) in [5.74, 6) is 0. The van der Waals surface area contributed by atoms with Crippen molar-refractivity contribution in [3.05, 3.63) is 60.3 Å². The Morgan fingerprint density at radius 3 is 2.42 bits per heavy atom. The van der Waals surface area contributed by atoms with Gasteiger partial charge in [-0.2, -0.15) is 5.26 Å². The number of hydrogen-bond acceptors (Lipinski definition) is 1. The zero-order valence-electron chi connectivity index (χ0n) is 6.70. The normalized spacial score (nSPS) is 28.2. The smallest absolute Gasteiger partial charge is 0.0991 e. The van der Waals surface area contributed by atoms with Crippen LogP contribution in [0.5, 0.6) is 0 Å². The van der Waals surface area contributed by atoms with Crippen molar-refractivity contribution in [1.29, 1.82) is 5.26 Å². The van der Waals surface area contributed by atoms with Gasteiger partial charge in [-0.1, -0.05) is 37.0 Å². The van der Waals surface area contributed by atoms with Crippen molar-refractivity contribution in [2.45, 2.75) is 0 Å². The molecule has 0 atom stereocenters. The molecule has 0 aromatic heterocycles. The molecule has 1 heteroatoms. The van der Waals surface area contributed by atoms with Crippen molar-refractivity contribution in [2.75, 3.05) is 0 Å². The molecule has 1 rings (SSSR count). The van der Waals surface area contributed by atoms with Crippen LogP contribution in [0.15, 0.2) is 60.3 Å². The predicted molar refractivity (Wildman–Crippen MR) is 50.3 cm³/mol. The molecule has 0 bridgehead atoms. The van der Waals surface area contributed by atoms with E-state index in [9.17, 15) is 0 Å². The second-order valence-corrected chi connectivity index (χ2v) is 2.39. The van der Waals surface area contributed by atoms with Gasteiger partial charge in [-0.25, -0.2) is 0 Å². The van der Waals surface area contributed by atoms with Gasteiger partial charge >= 0.3 is 0 Å². The highest BCUT2D eigenvalue weighted by Gasteiger charge is 1.89. The van der Waals surface area contributed by atoms with Crippen LogP contribution < -0.4 is 0 Å². The lowest BCUT2D eigenvalue weighted by Gasteiger charge is -1.88. The molecule has 0 radical (unpaired) electrons. The lowest BCUT2D eigenvalue weighted by molar-refractivity contribution is 1.49. The minimum absolute atomic E-state index is 0.621. The molecule has 1 aliphatic carbocycles. The monoisotopic (exact) mass is 155 g/mol. The number of nitriles is 1. The van der Waals surface area contributed by atoms with Gasteiger partial charge in [0.05, 0.1) is 11.6 Å². The molecule has 0 N–H and O–H groups in total. The van der Waals surface area contributed by atoms with Crippen LogP contribution in [0.25, 0.3) is 0 Å². The van der Waals surface area contributed by atoms with E-state index >= 15 is 0 Å². The lowest BCUT2D eigenvalue weighted by Crippen LogP contribution is -1.73. The maximum Gasteiger partial charge on any atom is 0.0991 e. The summed E-state index contributed by atoms with van der Waals surface area (Å²) >= 11 is 0. The Bertz CT molecular complexity index is 333. The second-order valence-electron chi connectivity index (χ2n) is 2.39. The first-order valence-electron chi connectivity index (χ1n) is 3.65. The van der Waals surface area contributed by atoms with Gasteiger partial charge in [0.25, 0.3) is 0 Å². The van der Waals surface area contributed by atoms with E-state index < -0.39 is 0 Å². The molecule has 0 saturated heterocycles. The quantitative estimate of drug-likeness (QED) is 0.527. The van der Waals surface area contributed by atoms with Crippen LogP contribution >= 0.6 is 0 Å². The van der Waals surface area contributed by atoms with Crippen molar-refractivity contribution in [2.24, 2.45) is 0 Å². The van der Waals surface area contributed by atoms with Crippen LogP contribution in [-0.4, -0.2) is 0 Å². The van der Waals surface area contributed by atoms with Crippen LogP contribution in [0.2, 0.25) is 0 Å². The fraction of sp³-hybridized carbons (Fsp3) is 0. The fourth-order valence-corrected chi connectivity index (χ4v) is 0.832. The molecule has 0 spiro atoms. The zero-order chi connectivity index (χ0) is 8.81. The third-order valence-corrected chi connectivity index (χ3v) is 1.39. The number of rotatable bonds is 0. The Morgan fingerprint density at radius 2 is 1.75 bits per heavy atom. The van der Waals surface area contributed by atoms with Crippen LogP contribution in [-0.2, 0) is 0 Å². The van der Waals surface area contributed by atoms with Gasteiger partial charge in [-0.3, -0.25) is 0 Å². The minimum atomic E-state index is 0.621. The molecule has 1 nitrogen and oxygen atoms in total. The highest BCUT2D eigenvalue weighted by Crippen LogP contribution is 2.05.